The van der Waals surface area contributed by atoms with E-state index in [0.717, 1.165) is 0 Å². The quantitative estimate of drug-likeness (QED) is 0.847. The van der Waals surface area contributed by atoms with E-state index in [9.17, 15) is 9.59 Å². The maximum atomic E-state index is 11.6. The minimum absolute atomic E-state index is 0.105. The molecule has 0 saturated carbocycles. The van der Waals surface area contributed by atoms with Gasteiger partial charge in [-0.05, 0) is 25.1 Å². The van der Waals surface area contributed by atoms with Crippen LogP contribution in [0.4, 0.5) is 0 Å². The number of carboxylic acids is 1. The van der Waals surface area contributed by atoms with Gasteiger partial charge in [0.2, 0.25) is 0 Å². The lowest BCUT2D eigenvalue weighted by Gasteiger charge is -2.11. The molecule has 0 spiro atoms. The number of halogens is 1. The molecular formula is C11H12ClNO3. The van der Waals surface area contributed by atoms with Gasteiger partial charge in [-0.2, -0.15) is 0 Å². The standard InChI is InChI=1S/C11H12ClNO3/c1-7(5-10(14)15)13-11(16)8-3-2-4-9(12)6-8/h2-4,6-7H,5H2,1H3,(H,13,16)(H,14,15). The van der Waals surface area contributed by atoms with Gasteiger partial charge in [0.25, 0.3) is 5.91 Å². The summed E-state index contributed by atoms with van der Waals surface area (Å²) in [6.45, 7) is 1.64. The molecule has 86 valence electrons. The lowest BCUT2D eigenvalue weighted by Crippen LogP contribution is -2.34. The van der Waals surface area contributed by atoms with Crippen LogP contribution in [0.2, 0.25) is 5.02 Å². The molecule has 0 aliphatic heterocycles. The largest absolute Gasteiger partial charge is 0.481 e. The van der Waals surface area contributed by atoms with Gasteiger partial charge < -0.3 is 10.4 Å². The van der Waals surface area contributed by atoms with Crippen LogP contribution in [-0.4, -0.2) is 23.0 Å². The molecule has 0 fully saturated rings. The first-order valence-corrected chi connectivity index (χ1v) is 5.15. The van der Waals surface area contributed by atoms with E-state index >= 15 is 0 Å². The zero-order valence-electron chi connectivity index (χ0n) is 8.74. The van der Waals surface area contributed by atoms with Crippen molar-refractivity contribution >= 4 is 23.5 Å². The molecule has 1 rings (SSSR count). The molecular weight excluding hydrogens is 230 g/mol. The summed E-state index contributed by atoms with van der Waals surface area (Å²) >= 11 is 5.74. The third-order valence-corrected chi connectivity index (χ3v) is 2.18. The first-order chi connectivity index (χ1) is 7.49. The summed E-state index contributed by atoms with van der Waals surface area (Å²) in [4.78, 5) is 22.0. The van der Waals surface area contributed by atoms with E-state index in [4.69, 9.17) is 16.7 Å². The number of carbonyl (C=O) groups is 2. The number of amides is 1. The maximum absolute atomic E-state index is 11.6. The van der Waals surface area contributed by atoms with Crippen LogP contribution >= 0.6 is 11.6 Å². The number of hydrogen-bond donors (Lipinski definition) is 2. The van der Waals surface area contributed by atoms with E-state index < -0.39 is 12.0 Å². The van der Waals surface area contributed by atoms with Crippen molar-refractivity contribution in [2.24, 2.45) is 0 Å². The Kier molecular flexibility index (Phi) is 4.31. The van der Waals surface area contributed by atoms with Gasteiger partial charge in [-0.3, -0.25) is 9.59 Å². The van der Waals surface area contributed by atoms with Gasteiger partial charge >= 0.3 is 5.97 Å². The molecule has 0 aliphatic carbocycles. The van der Waals surface area contributed by atoms with Crippen molar-refractivity contribution in [3.05, 3.63) is 34.9 Å². The second-order valence-corrected chi connectivity index (χ2v) is 3.92. The van der Waals surface area contributed by atoms with Gasteiger partial charge in [-0.15, -0.1) is 0 Å². The van der Waals surface area contributed by atoms with Gasteiger partial charge in [0.1, 0.15) is 0 Å². The highest BCUT2D eigenvalue weighted by atomic mass is 35.5. The van der Waals surface area contributed by atoms with E-state index in [0.29, 0.717) is 10.6 Å². The summed E-state index contributed by atoms with van der Waals surface area (Å²) in [7, 11) is 0. The number of aliphatic carboxylic acids is 1. The molecule has 4 nitrogen and oxygen atoms in total. The molecule has 0 radical (unpaired) electrons. The Bertz CT molecular complexity index is 406. The van der Waals surface area contributed by atoms with Crippen LogP contribution < -0.4 is 5.32 Å². The van der Waals surface area contributed by atoms with Gasteiger partial charge in [-0.25, -0.2) is 0 Å². The lowest BCUT2D eigenvalue weighted by molar-refractivity contribution is -0.137. The van der Waals surface area contributed by atoms with Crippen LogP contribution in [0.15, 0.2) is 24.3 Å². The summed E-state index contributed by atoms with van der Waals surface area (Å²) in [5.74, 6) is -1.27. The van der Waals surface area contributed by atoms with Crippen LogP contribution in [-0.2, 0) is 4.79 Å². The predicted molar refractivity (Wildman–Crippen MR) is 60.6 cm³/mol. The third kappa shape index (κ3) is 3.90. The average Bonchev–Trinajstić information content (AvgIpc) is 2.16. The van der Waals surface area contributed by atoms with E-state index in [1.165, 1.54) is 6.07 Å². The molecule has 0 aliphatic rings. The molecule has 1 unspecified atom stereocenters. The smallest absolute Gasteiger partial charge is 0.305 e. The molecule has 0 saturated heterocycles. The zero-order chi connectivity index (χ0) is 12.1. The second-order valence-electron chi connectivity index (χ2n) is 3.48. The van der Waals surface area contributed by atoms with Crippen molar-refractivity contribution in [1.82, 2.24) is 5.32 Å². The molecule has 0 aromatic heterocycles. The Morgan fingerprint density at radius 2 is 2.19 bits per heavy atom. The van der Waals surface area contributed by atoms with E-state index in [1.54, 1.807) is 25.1 Å². The highest BCUT2D eigenvalue weighted by molar-refractivity contribution is 6.30. The van der Waals surface area contributed by atoms with Crippen LogP contribution in [0, 0.1) is 0 Å². The van der Waals surface area contributed by atoms with E-state index in [1.807, 2.05) is 0 Å². The minimum atomic E-state index is -0.945. The number of nitrogens with one attached hydrogen (secondary N) is 1. The fourth-order valence-corrected chi connectivity index (χ4v) is 1.44. The summed E-state index contributed by atoms with van der Waals surface area (Å²) < 4.78 is 0. The fraction of sp³-hybridized carbons (Fsp3) is 0.273. The van der Waals surface area contributed by atoms with Crippen LogP contribution in [0.1, 0.15) is 23.7 Å². The summed E-state index contributed by atoms with van der Waals surface area (Å²) in [6.07, 6.45) is -0.105. The molecule has 1 aromatic rings. The van der Waals surface area contributed by atoms with Gasteiger partial charge in [0, 0.05) is 16.6 Å². The van der Waals surface area contributed by atoms with E-state index in [2.05, 4.69) is 5.32 Å². The molecule has 0 bridgehead atoms. The van der Waals surface area contributed by atoms with Crippen LogP contribution in [0.25, 0.3) is 0 Å². The Morgan fingerprint density at radius 3 is 2.75 bits per heavy atom. The van der Waals surface area contributed by atoms with Gasteiger partial charge in [0.15, 0.2) is 0 Å². The summed E-state index contributed by atoms with van der Waals surface area (Å²) in [5.41, 5.74) is 0.421. The Morgan fingerprint density at radius 1 is 1.50 bits per heavy atom. The topological polar surface area (TPSA) is 66.4 Å². The van der Waals surface area contributed by atoms with Crippen molar-refractivity contribution in [1.29, 1.82) is 0 Å². The fourth-order valence-electron chi connectivity index (χ4n) is 1.25. The first-order valence-electron chi connectivity index (χ1n) is 4.77. The summed E-state index contributed by atoms with van der Waals surface area (Å²) in [6, 6.07) is 6.07. The van der Waals surface area contributed by atoms with Crippen molar-refractivity contribution < 1.29 is 14.7 Å². The summed E-state index contributed by atoms with van der Waals surface area (Å²) in [5, 5.41) is 11.6. The van der Waals surface area contributed by atoms with Crippen molar-refractivity contribution in [3.63, 3.8) is 0 Å². The number of carbonyl (C=O) groups excluding carboxylic acids is 1. The molecule has 1 atom stereocenters. The highest BCUT2D eigenvalue weighted by Crippen LogP contribution is 2.10. The first kappa shape index (κ1) is 12.5. The van der Waals surface area contributed by atoms with Gasteiger partial charge in [0.05, 0.1) is 6.42 Å². The Balaban J connectivity index is 2.62. The predicted octanol–water partition coefficient (Wildman–Crippen LogP) is 1.93. The molecule has 5 heteroatoms. The average molecular weight is 242 g/mol. The molecule has 1 amide bonds. The zero-order valence-corrected chi connectivity index (χ0v) is 9.49. The normalized spacial score (nSPS) is 11.9. The number of carboxylic acid groups (broad SMARTS) is 1. The number of rotatable bonds is 4. The number of benzene rings is 1. The third-order valence-electron chi connectivity index (χ3n) is 1.95. The van der Waals surface area contributed by atoms with Crippen molar-refractivity contribution in [2.75, 3.05) is 0 Å². The highest BCUT2D eigenvalue weighted by Gasteiger charge is 2.12. The van der Waals surface area contributed by atoms with Crippen LogP contribution in [0.3, 0.4) is 0 Å². The maximum Gasteiger partial charge on any atom is 0.305 e. The minimum Gasteiger partial charge on any atom is -0.481 e. The molecule has 1 aromatic carbocycles. The van der Waals surface area contributed by atoms with Crippen LogP contribution in [0.5, 0.6) is 0 Å². The second kappa shape index (κ2) is 5.51. The molecule has 16 heavy (non-hydrogen) atoms. The Labute approximate surface area is 98.2 Å². The van der Waals surface area contributed by atoms with Crippen molar-refractivity contribution in [3.8, 4) is 0 Å². The molecule has 0 heterocycles. The lowest BCUT2D eigenvalue weighted by atomic mass is 10.2. The Hall–Kier alpha value is -1.55. The molecule has 2 N–H and O–H groups in total. The van der Waals surface area contributed by atoms with Gasteiger partial charge in [-0.1, -0.05) is 17.7 Å². The van der Waals surface area contributed by atoms with Crippen molar-refractivity contribution in [2.45, 2.75) is 19.4 Å². The SMILES string of the molecule is CC(CC(=O)O)NC(=O)c1cccc(Cl)c1. The monoisotopic (exact) mass is 241 g/mol. The number of hydrogen-bond acceptors (Lipinski definition) is 2. The van der Waals surface area contributed by atoms with E-state index in [-0.39, 0.29) is 12.3 Å².